The Morgan fingerprint density at radius 3 is 2.78 bits per heavy atom. The lowest BCUT2D eigenvalue weighted by molar-refractivity contribution is -0.149. The fourth-order valence-electron chi connectivity index (χ4n) is 3.33. The fraction of sp³-hybridized carbons (Fsp3) is 0.500. The molecule has 7 heteroatoms. The number of carbonyl (C=O) groups excluding carboxylic acids is 1. The van der Waals surface area contributed by atoms with Crippen molar-refractivity contribution < 1.29 is 19.4 Å². The molecule has 3 rings (SSSR count). The molecule has 0 aromatic heterocycles. The number of aliphatic carboxylic acids is 1. The normalized spacial score (nSPS) is 25.8. The van der Waals surface area contributed by atoms with Gasteiger partial charge in [-0.2, -0.15) is 0 Å². The number of carbonyl (C=O) groups is 2. The summed E-state index contributed by atoms with van der Waals surface area (Å²) in [5, 5.41) is 12.5. The van der Waals surface area contributed by atoms with E-state index in [0.29, 0.717) is 39.2 Å². The van der Waals surface area contributed by atoms with Gasteiger partial charge in [0.25, 0.3) is 0 Å². The third kappa shape index (κ3) is 3.28. The van der Waals surface area contributed by atoms with E-state index >= 15 is 0 Å². The third-order valence-electron chi connectivity index (χ3n) is 4.55. The van der Waals surface area contributed by atoms with Crippen molar-refractivity contribution in [3.05, 3.63) is 30.3 Å². The zero-order valence-corrected chi connectivity index (χ0v) is 13.6. The first kappa shape index (κ1) is 17.6. The number of nitrogens with one attached hydrogen (secondary N) is 1. The van der Waals surface area contributed by atoms with Crippen LogP contribution in [0.1, 0.15) is 6.42 Å². The van der Waals surface area contributed by atoms with Crippen LogP contribution in [0.4, 0.5) is 0 Å². The first-order chi connectivity index (χ1) is 10.6. The van der Waals surface area contributed by atoms with Crippen LogP contribution in [0.25, 0.3) is 0 Å². The molecule has 2 N–H and O–H groups in total. The highest BCUT2D eigenvalue weighted by molar-refractivity contribution is 5.92. The number of ether oxygens (including phenoxy) is 1. The molecule has 0 radical (unpaired) electrons. The number of benzene rings is 1. The Kier molecular flexibility index (Phi) is 5.49. The SMILES string of the molecule is Cl.O=C1[C@@H]2CNC[C@]2(C(=O)O)CN1CCCOc1ccccc1. The van der Waals surface area contributed by atoms with E-state index in [9.17, 15) is 14.7 Å². The average Bonchev–Trinajstić information content (AvgIpc) is 3.05. The monoisotopic (exact) mass is 340 g/mol. The number of hydrogen-bond acceptors (Lipinski definition) is 4. The van der Waals surface area contributed by atoms with E-state index in [0.717, 1.165) is 5.75 Å². The van der Waals surface area contributed by atoms with Crippen LogP contribution in [0.3, 0.4) is 0 Å². The van der Waals surface area contributed by atoms with Crippen LogP contribution in [-0.2, 0) is 9.59 Å². The number of likely N-dealkylation sites (tertiary alicyclic amines) is 1. The van der Waals surface area contributed by atoms with Crippen LogP contribution < -0.4 is 10.1 Å². The summed E-state index contributed by atoms with van der Waals surface area (Å²) in [4.78, 5) is 25.6. The first-order valence-electron chi connectivity index (χ1n) is 7.54. The summed E-state index contributed by atoms with van der Waals surface area (Å²) in [7, 11) is 0. The Labute approximate surface area is 141 Å². The molecule has 2 fully saturated rings. The summed E-state index contributed by atoms with van der Waals surface area (Å²) in [6.45, 7) is 2.18. The van der Waals surface area contributed by atoms with Crippen LogP contribution in [-0.4, -0.2) is 54.7 Å². The number of halogens is 1. The van der Waals surface area contributed by atoms with Gasteiger partial charge in [-0.05, 0) is 18.6 Å². The van der Waals surface area contributed by atoms with Gasteiger partial charge in [0.2, 0.25) is 5.91 Å². The van der Waals surface area contributed by atoms with Crippen molar-refractivity contribution >= 4 is 24.3 Å². The lowest BCUT2D eigenvalue weighted by Crippen LogP contribution is -2.40. The summed E-state index contributed by atoms with van der Waals surface area (Å²) in [6.07, 6.45) is 0.691. The van der Waals surface area contributed by atoms with Crippen LogP contribution in [0.5, 0.6) is 5.75 Å². The number of nitrogens with zero attached hydrogens (tertiary/aromatic N) is 1. The predicted octanol–water partition coefficient (Wildman–Crippen LogP) is 1.01. The van der Waals surface area contributed by atoms with Gasteiger partial charge in [-0.3, -0.25) is 9.59 Å². The van der Waals surface area contributed by atoms with Gasteiger partial charge in [-0.1, -0.05) is 18.2 Å². The summed E-state index contributed by atoms with van der Waals surface area (Å²) in [5.41, 5.74) is -0.947. The van der Waals surface area contributed by atoms with Crippen molar-refractivity contribution in [2.45, 2.75) is 6.42 Å². The molecule has 126 valence electrons. The fourth-order valence-corrected chi connectivity index (χ4v) is 3.33. The van der Waals surface area contributed by atoms with Gasteiger partial charge in [-0.15, -0.1) is 12.4 Å². The topological polar surface area (TPSA) is 78.9 Å². The van der Waals surface area contributed by atoms with Gasteiger partial charge in [-0.25, -0.2) is 0 Å². The number of amides is 1. The molecule has 1 amide bonds. The molecular weight excluding hydrogens is 320 g/mol. The van der Waals surface area contributed by atoms with Gasteiger partial charge in [0.05, 0.1) is 12.5 Å². The third-order valence-corrected chi connectivity index (χ3v) is 4.55. The maximum absolute atomic E-state index is 12.3. The Hall–Kier alpha value is -1.79. The van der Waals surface area contributed by atoms with E-state index in [1.165, 1.54) is 0 Å². The van der Waals surface area contributed by atoms with Crippen molar-refractivity contribution in [3.8, 4) is 5.75 Å². The van der Waals surface area contributed by atoms with Gasteiger partial charge >= 0.3 is 5.97 Å². The largest absolute Gasteiger partial charge is 0.494 e. The zero-order valence-electron chi connectivity index (χ0n) is 12.7. The van der Waals surface area contributed by atoms with Crippen molar-refractivity contribution in [1.29, 1.82) is 0 Å². The average molecular weight is 341 g/mol. The standard InChI is InChI=1S/C16H20N2O4.ClH/c19-14-13-9-17-10-16(13,15(20)21)11-18(14)7-4-8-22-12-5-2-1-3-6-12;/h1-3,5-6,13,17H,4,7-11H2,(H,20,21);1H/t13-,16-;/m0./s1. The van der Waals surface area contributed by atoms with Crippen molar-refractivity contribution in [1.82, 2.24) is 10.2 Å². The van der Waals surface area contributed by atoms with Gasteiger partial charge in [0.1, 0.15) is 11.2 Å². The smallest absolute Gasteiger partial charge is 0.313 e. The maximum Gasteiger partial charge on any atom is 0.313 e. The number of hydrogen-bond donors (Lipinski definition) is 2. The minimum atomic E-state index is -0.947. The number of para-hydroxylation sites is 1. The zero-order chi connectivity index (χ0) is 15.6. The highest BCUT2D eigenvalue weighted by Crippen LogP contribution is 2.40. The quantitative estimate of drug-likeness (QED) is 0.756. The number of carboxylic acids is 1. The van der Waals surface area contributed by atoms with Gasteiger partial charge < -0.3 is 20.1 Å². The van der Waals surface area contributed by atoms with Crippen molar-refractivity contribution in [2.75, 3.05) is 32.8 Å². The Balaban J connectivity index is 0.00000192. The molecule has 6 nitrogen and oxygen atoms in total. The molecule has 0 saturated carbocycles. The van der Waals surface area contributed by atoms with Crippen molar-refractivity contribution in [3.63, 3.8) is 0 Å². The van der Waals surface area contributed by atoms with Crippen LogP contribution in [0, 0.1) is 11.3 Å². The molecule has 1 aromatic rings. The van der Waals surface area contributed by atoms with Crippen LogP contribution in [0.15, 0.2) is 30.3 Å². The second-order valence-electron chi connectivity index (χ2n) is 5.92. The predicted molar refractivity (Wildman–Crippen MR) is 86.8 cm³/mol. The van der Waals surface area contributed by atoms with Crippen LogP contribution in [0.2, 0.25) is 0 Å². The molecule has 23 heavy (non-hydrogen) atoms. The summed E-state index contributed by atoms with van der Waals surface area (Å²) >= 11 is 0. The minimum Gasteiger partial charge on any atom is -0.494 e. The molecular formula is C16H21ClN2O4. The Morgan fingerprint density at radius 1 is 1.39 bits per heavy atom. The molecule has 2 atom stereocenters. The maximum atomic E-state index is 12.3. The van der Waals surface area contributed by atoms with Gasteiger partial charge in [0, 0.05) is 26.2 Å². The Bertz CT molecular complexity index is 568. The van der Waals surface area contributed by atoms with E-state index in [-0.39, 0.29) is 18.3 Å². The summed E-state index contributed by atoms with van der Waals surface area (Å²) in [5.74, 6) is -0.552. The highest BCUT2D eigenvalue weighted by Gasteiger charge is 2.59. The first-order valence-corrected chi connectivity index (χ1v) is 7.54. The second kappa shape index (κ2) is 7.19. The molecule has 2 aliphatic heterocycles. The van der Waals surface area contributed by atoms with Gasteiger partial charge in [0.15, 0.2) is 0 Å². The second-order valence-corrected chi connectivity index (χ2v) is 5.92. The molecule has 0 aliphatic carbocycles. The lowest BCUT2D eigenvalue weighted by atomic mass is 9.81. The Morgan fingerprint density at radius 2 is 2.13 bits per heavy atom. The molecule has 0 unspecified atom stereocenters. The minimum absolute atomic E-state index is 0. The highest BCUT2D eigenvalue weighted by atomic mass is 35.5. The number of rotatable bonds is 6. The molecule has 2 aliphatic rings. The van der Waals surface area contributed by atoms with E-state index in [4.69, 9.17) is 4.74 Å². The molecule has 1 aromatic carbocycles. The van der Waals surface area contributed by atoms with E-state index in [2.05, 4.69) is 5.32 Å². The van der Waals surface area contributed by atoms with E-state index in [1.807, 2.05) is 30.3 Å². The molecule has 2 saturated heterocycles. The van der Waals surface area contributed by atoms with Crippen LogP contribution >= 0.6 is 12.4 Å². The summed E-state index contributed by atoms with van der Waals surface area (Å²) < 4.78 is 5.60. The molecule has 0 spiro atoms. The number of fused-ring (bicyclic) bond motifs is 1. The summed E-state index contributed by atoms with van der Waals surface area (Å²) in [6, 6.07) is 9.51. The van der Waals surface area contributed by atoms with Crippen molar-refractivity contribution in [2.24, 2.45) is 11.3 Å². The van der Waals surface area contributed by atoms with E-state index in [1.54, 1.807) is 4.90 Å². The molecule has 2 heterocycles. The van der Waals surface area contributed by atoms with E-state index < -0.39 is 17.3 Å². The molecule has 0 bridgehead atoms. The lowest BCUT2D eigenvalue weighted by Gasteiger charge is -2.22. The number of carboxylic acid groups (broad SMARTS) is 1.